The highest BCUT2D eigenvalue weighted by Crippen LogP contribution is 2.28. The number of nitro groups is 1. The molecule has 1 aromatic carbocycles. The molecular weight excluding hydrogens is 218 g/mol. The summed E-state index contributed by atoms with van der Waals surface area (Å²) in [5, 5.41) is 19.3. The van der Waals surface area contributed by atoms with E-state index in [2.05, 4.69) is 4.74 Å². The van der Waals surface area contributed by atoms with Crippen molar-refractivity contribution in [3.05, 3.63) is 34.4 Å². The van der Waals surface area contributed by atoms with Gasteiger partial charge in [-0.15, -0.1) is 0 Å². The lowest BCUT2D eigenvalue weighted by Crippen LogP contribution is -2.01. The fraction of sp³-hybridized carbons (Fsp3) is 0. The summed E-state index contributed by atoms with van der Waals surface area (Å²) in [5.74, 6) is -0.219. The van der Waals surface area contributed by atoms with E-state index in [1.54, 1.807) is 0 Å². The second-order valence-electron chi connectivity index (χ2n) is 2.91. The number of rotatable bonds is 2. The van der Waals surface area contributed by atoms with Crippen molar-refractivity contribution in [2.24, 2.45) is 0 Å². The van der Waals surface area contributed by atoms with Crippen molar-refractivity contribution in [1.82, 2.24) is 0 Å². The van der Waals surface area contributed by atoms with Gasteiger partial charge in [0.25, 0.3) is 11.6 Å². The van der Waals surface area contributed by atoms with E-state index in [1.807, 2.05) is 0 Å². The van der Waals surface area contributed by atoms with Gasteiger partial charge in [-0.1, -0.05) is 0 Å². The van der Waals surface area contributed by atoms with Crippen LogP contribution in [0.4, 0.5) is 10.5 Å². The summed E-state index contributed by atoms with van der Waals surface area (Å²) in [4.78, 5) is 20.1. The zero-order valence-corrected chi connectivity index (χ0v) is 7.75. The third-order valence-corrected chi connectivity index (χ3v) is 1.88. The lowest BCUT2D eigenvalue weighted by Gasteiger charge is -1.90. The molecular formula is C9H5NO6. The molecule has 0 fully saturated rings. The van der Waals surface area contributed by atoms with E-state index in [0.29, 0.717) is 5.39 Å². The lowest BCUT2D eigenvalue weighted by molar-refractivity contribution is -0.384. The molecule has 0 bridgehead atoms. The van der Waals surface area contributed by atoms with E-state index in [4.69, 9.17) is 9.52 Å². The molecule has 2 aromatic rings. The van der Waals surface area contributed by atoms with Crippen LogP contribution >= 0.6 is 0 Å². The molecule has 0 aliphatic carbocycles. The van der Waals surface area contributed by atoms with E-state index in [0.717, 1.165) is 0 Å². The Hall–Kier alpha value is -2.57. The first-order valence-electron chi connectivity index (χ1n) is 4.15. The summed E-state index contributed by atoms with van der Waals surface area (Å²) in [7, 11) is 0. The molecule has 0 aliphatic heterocycles. The number of ether oxygens (including phenoxy) is 1. The van der Waals surface area contributed by atoms with Gasteiger partial charge in [0.2, 0.25) is 0 Å². The second kappa shape index (κ2) is 3.54. The van der Waals surface area contributed by atoms with E-state index in [1.165, 1.54) is 24.3 Å². The Kier molecular flexibility index (Phi) is 2.20. The highest BCUT2D eigenvalue weighted by atomic mass is 16.7. The monoisotopic (exact) mass is 223 g/mol. The minimum atomic E-state index is -1.51. The maximum Gasteiger partial charge on any atom is 0.513 e. The highest BCUT2D eigenvalue weighted by molar-refractivity contribution is 5.81. The summed E-state index contributed by atoms with van der Waals surface area (Å²) >= 11 is 0. The van der Waals surface area contributed by atoms with Gasteiger partial charge in [-0.05, 0) is 6.07 Å². The second-order valence-corrected chi connectivity index (χ2v) is 2.91. The molecule has 0 radical (unpaired) electrons. The summed E-state index contributed by atoms with van der Waals surface area (Å²) in [6.45, 7) is 0. The number of non-ortho nitro benzene ring substituents is 1. The Morgan fingerprint density at radius 3 is 2.81 bits per heavy atom. The number of benzene rings is 1. The Bertz CT molecular complexity index is 572. The fourth-order valence-corrected chi connectivity index (χ4v) is 1.25. The molecule has 0 spiro atoms. The number of hydrogen-bond acceptors (Lipinski definition) is 5. The normalized spacial score (nSPS) is 10.2. The SMILES string of the molecule is O=C(O)Oc1cc2ccc([N+](=O)[O-])cc2o1. The Morgan fingerprint density at radius 2 is 2.19 bits per heavy atom. The van der Waals surface area contributed by atoms with Crippen LogP contribution in [0.25, 0.3) is 11.0 Å². The zero-order chi connectivity index (χ0) is 11.7. The zero-order valence-electron chi connectivity index (χ0n) is 7.75. The maximum absolute atomic E-state index is 10.5. The van der Waals surface area contributed by atoms with Gasteiger partial charge in [0.05, 0.1) is 11.0 Å². The summed E-state index contributed by atoms with van der Waals surface area (Å²) < 4.78 is 9.24. The largest absolute Gasteiger partial charge is 0.513 e. The predicted octanol–water partition coefficient (Wildman–Crippen LogP) is 2.40. The molecule has 0 aliphatic rings. The number of nitrogens with zero attached hydrogens (tertiary/aromatic N) is 1. The van der Waals surface area contributed by atoms with Gasteiger partial charge in [0, 0.05) is 17.5 Å². The Balaban J connectivity index is 2.45. The summed E-state index contributed by atoms with van der Waals surface area (Å²) in [6, 6.07) is 5.28. The highest BCUT2D eigenvalue weighted by Gasteiger charge is 2.12. The van der Waals surface area contributed by atoms with Gasteiger partial charge in [0.15, 0.2) is 0 Å². The van der Waals surface area contributed by atoms with Gasteiger partial charge in [-0.2, -0.15) is 0 Å². The standard InChI is InChI=1S/C9H5NO6/c11-9(12)16-8-3-5-1-2-6(10(13)14)4-7(5)15-8/h1-4H,(H,11,12). The van der Waals surface area contributed by atoms with Crippen molar-refractivity contribution in [1.29, 1.82) is 0 Å². The van der Waals surface area contributed by atoms with Crippen molar-refractivity contribution in [2.45, 2.75) is 0 Å². The van der Waals surface area contributed by atoms with E-state index in [9.17, 15) is 14.9 Å². The minimum absolute atomic E-state index is 0.135. The van der Waals surface area contributed by atoms with Crippen LogP contribution in [0.3, 0.4) is 0 Å². The molecule has 0 saturated carbocycles. The molecule has 16 heavy (non-hydrogen) atoms. The number of carboxylic acid groups (broad SMARTS) is 1. The smallest absolute Gasteiger partial charge is 0.449 e. The summed E-state index contributed by atoms with van der Waals surface area (Å²) in [5.41, 5.74) is 0.0641. The molecule has 0 saturated heterocycles. The van der Waals surface area contributed by atoms with Gasteiger partial charge >= 0.3 is 6.16 Å². The van der Waals surface area contributed by atoms with Gasteiger partial charge in [-0.25, -0.2) is 4.79 Å². The third-order valence-electron chi connectivity index (χ3n) is 1.88. The van der Waals surface area contributed by atoms with Gasteiger partial charge in [0.1, 0.15) is 5.58 Å². The van der Waals surface area contributed by atoms with Crippen LogP contribution in [0.15, 0.2) is 28.7 Å². The molecule has 82 valence electrons. The lowest BCUT2D eigenvalue weighted by atomic mass is 10.2. The van der Waals surface area contributed by atoms with Crippen LogP contribution in [0.2, 0.25) is 0 Å². The average Bonchev–Trinajstić information content (AvgIpc) is 2.56. The maximum atomic E-state index is 10.5. The molecule has 7 nitrogen and oxygen atoms in total. The molecule has 2 rings (SSSR count). The van der Waals surface area contributed by atoms with Crippen molar-refractivity contribution in [3.63, 3.8) is 0 Å². The minimum Gasteiger partial charge on any atom is -0.449 e. The summed E-state index contributed by atoms with van der Waals surface area (Å²) in [6.07, 6.45) is -1.51. The van der Waals surface area contributed by atoms with Crippen molar-refractivity contribution in [2.75, 3.05) is 0 Å². The first-order valence-corrected chi connectivity index (χ1v) is 4.15. The molecule has 7 heteroatoms. The average molecular weight is 223 g/mol. The van der Waals surface area contributed by atoms with Gasteiger partial charge < -0.3 is 14.3 Å². The number of nitro benzene ring substituents is 1. The first-order chi connectivity index (χ1) is 7.56. The van der Waals surface area contributed by atoms with Gasteiger partial charge in [-0.3, -0.25) is 10.1 Å². The molecule has 0 unspecified atom stereocenters. The molecule has 1 aromatic heterocycles. The van der Waals surface area contributed by atoms with E-state index >= 15 is 0 Å². The van der Waals surface area contributed by atoms with Crippen LogP contribution < -0.4 is 4.74 Å². The quantitative estimate of drug-likeness (QED) is 0.476. The topological polar surface area (TPSA) is 103 Å². The van der Waals surface area contributed by atoms with Crippen LogP contribution in [-0.4, -0.2) is 16.2 Å². The van der Waals surface area contributed by atoms with Crippen molar-refractivity contribution >= 4 is 22.8 Å². The number of hydrogen-bond donors (Lipinski definition) is 1. The predicted molar refractivity (Wildman–Crippen MR) is 51.5 cm³/mol. The number of carbonyl (C=O) groups is 1. The Labute approximate surface area is 88.0 Å². The number of fused-ring (bicyclic) bond motifs is 1. The third kappa shape index (κ3) is 1.78. The first kappa shape index (κ1) is 9.97. The molecule has 0 atom stereocenters. The van der Waals surface area contributed by atoms with E-state index in [-0.39, 0.29) is 17.2 Å². The fourth-order valence-electron chi connectivity index (χ4n) is 1.25. The van der Waals surface area contributed by atoms with Crippen LogP contribution in [0.5, 0.6) is 5.95 Å². The van der Waals surface area contributed by atoms with Crippen molar-refractivity contribution < 1.29 is 24.0 Å². The molecule has 1 N–H and O–H groups in total. The number of furan rings is 1. The van der Waals surface area contributed by atoms with Crippen LogP contribution in [0.1, 0.15) is 0 Å². The van der Waals surface area contributed by atoms with Crippen LogP contribution in [-0.2, 0) is 0 Å². The molecule has 0 amide bonds. The van der Waals surface area contributed by atoms with E-state index < -0.39 is 11.1 Å². The molecule has 1 heterocycles. The van der Waals surface area contributed by atoms with Crippen molar-refractivity contribution in [3.8, 4) is 5.95 Å². The van der Waals surface area contributed by atoms with Crippen LogP contribution in [0, 0.1) is 10.1 Å². The Morgan fingerprint density at radius 1 is 1.44 bits per heavy atom.